The SMILES string of the molecule is COc1c(O)cc(C(C)(C)C)cc1C1(CN)CC1. The van der Waals surface area contributed by atoms with Crippen LogP contribution in [0.3, 0.4) is 0 Å². The lowest BCUT2D eigenvalue weighted by atomic mass is 9.83. The molecule has 1 aliphatic carbocycles. The van der Waals surface area contributed by atoms with Gasteiger partial charge in [0.25, 0.3) is 0 Å². The topological polar surface area (TPSA) is 55.5 Å². The van der Waals surface area contributed by atoms with Crippen LogP contribution in [0.4, 0.5) is 0 Å². The van der Waals surface area contributed by atoms with Crippen molar-refractivity contribution in [2.45, 2.75) is 44.4 Å². The van der Waals surface area contributed by atoms with Gasteiger partial charge in [-0.15, -0.1) is 0 Å². The maximum Gasteiger partial charge on any atom is 0.164 e. The molecule has 3 N–H and O–H groups in total. The highest BCUT2D eigenvalue weighted by Gasteiger charge is 2.46. The second kappa shape index (κ2) is 4.16. The van der Waals surface area contributed by atoms with Crippen LogP contribution in [0.15, 0.2) is 12.1 Å². The quantitative estimate of drug-likeness (QED) is 0.866. The lowest BCUT2D eigenvalue weighted by Gasteiger charge is -2.25. The molecule has 1 aliphatic rings. The molecule has 1 aromatic rings. The first-order chi connectivity index (χ1) is 8.34. The summed E-state index contributed by atoms with van der Waals surface area (Å²) in [6, 6.07) is 3.95. The molecule has 0 aromatic heterocycles. The smallest absolute Gasteiger partial charge is 0.164 e. The summed E-state index contributed by atoms with van der Waals surface area (Å²) in [6.07, 6.45) is 2.15. The molecule has 0 spiro atoms. The second-order valence-electron chi connectivity index (χ2n) is 6.31. The van der Waals surface area contributed by atoms with E-state index in [0.717, 1.165) is 24.0 Å². The van der Waals surface area contributed by atoms with Crippen LogP contribution in [0.2, 0.25) is 0 Å². The van der Waals surface area contributed by atoms with Crippen LogP contribution < -0.4 is 10.5 Å². The molecule has 3 heteroatoms. The summed E-state index contributed by atoms with van der Waals surface area (Å²) >= 11 is 0. The summed E-state index contributed by atoms with van der Waals surface area (Å²) in [5.74, 6) is 0.811. The number of methoxy groups -OCH3 is 1. The summed E-state index contributed by atoms with van der Waals surface area (Å²) in [6.45, 7) is 7.02. The summed E-state index contributed by atoms with van der Waals surface area (Å²) in [4.78, 5) is 0. The van der Waals surface area contributed by atoms with E-state index in [1.54, 1.807) is 13.2 Å². The minimum absolute atomic E-state index is 0.00315. The van der Waals surface area contributed by atoms with Gasteiger partial charge in [0.1, 0.15) is 0 Å². The minimum atomic E-state index is 0.00315. The molecule has 1 saturated carbocycles. The van der Waals surface area contributed by atoms with Gasteiger partial charge in [-0.3, -0.25) is 0 Å². The number of phenolic OH excluding ortho intramolecular Hbond substituents is 1. The van der Waals surface area contributed by atoms with Crippen molar-refractivity contribution in [3.8, 4) is 11.5 Å². The molecule has 1 aromatic carbocycles. The summed E-state index contributed by atoms with van der Waals surface area (Å²) in [7, 11) is 1.60. The van der Waals surface area contributed by atoms with E-state index in [1.165, 1.54) is 0 Å². The first-order valence-corrected chi connectivity index (χ1v) is 6.46. The average molecular weight is 249 g/mol. The number of nitrogens with two attached hydrogens (primary N) is 1. The first kappa shape index (κ1) is 13.2. The first-order valence-electron chi connectivity index (χ1n) is 6.46. The fraction of sp³-hybridized carbons (Fsp3) is 0.600. The van der Waals surface area contributed by atoms with Crippen LogP contribution in [-0.4, -0.2) is 18.8 Å². The molecule has 0 bridgehead atoms. The van der Waals surface area contributed by atoms with Crippen molar-refractivity contribution in [2.75, 3.05) is 13.7 Å². The third kappa shape index (κ3) is 2.07. The standard InChI is InChI=1S/C15H23NO2/c1-14(2,3)10-7-11(15(9-16)5-6-15)13(18-4)12(17)8-10/h7-8,17H,5-6,9,16H2,1-4H3. The van der Waals surface area contributed by atoms with Crippen LogP contribution in [0.25, 0.3) is 0 Å². The Hall–Kier alpha value is -1.22. The van der Waals surface area contributed by atoms with Gasteiger partial charge in [0, 0.05) is 17.5 Å². The van der Waals surface area contributed by atoms with Gasteiger partial charge in [-0.25, -0.2) is 0 Å². The van der Waals surface area contributed by atoms with Gasteiger partial charge in [0.15, 0.2) is 11.5 Å². The number of hydrogen-bond acceptors (Lipinski definition) is 3. The molecule has 0 radical (unpaired) electrons. The van der Waals surface area contributed by atoms with Crippen LogP contribution in [0.1, 0.15) is 44.7 Å². The summed E-state index contributed by atoms with van der Waals surface area (Å²) in [5, 5.41) is 10.2. The van der Waals surface area contributed by atoms with E-state index in [9.17, 15) is 5.11 Å². The molecular weight excluding hydrogens is 226 g/mol. The molecule has 0 heterocycles. The van der Waals surface area contributed by atoms with Crippen molar-refractivity contribution < 1.29 is 9.84 Å². The van der Waals surface area contributed by atoms with E-state index < -0.39 is 0 Å². The number of rotatable bonds is 3. The van der Waals surface area contributed by atoms with Crippen molar-refractivity contribution in [3.63, 3.8) is 0 Å². The van der Waals surface area contributed by atoms with Gasteiger partial charge in [0.05, 0.1) is 7.11 Å². The lowest BCUT2D eigenvalue weighted by molar-refractivity contribution is 0.363. The monoisotopic (exact) mass is 249 g/mol. The highest BCUT2D eigenvalue weighted by molar-refractivity contribution is 5.55. The third-order valence-electron chi connectivity index (χ3n) is 3.96. The normalized spacial score (nSPS) is 17.6. The van der Waals surface area contributed by atoms with Crippen molar-refractivity contribution in [1.82, 2.24) is 0 Å². The molecule has 0 aliphatic heterocycles. The number of phenols is 1. The second-order valence-corrected chi connectivity index (χ2v) is 6.31. The van der Waals surface area contributed by atoms with Gasteiger partial charge >= 0.3 is 0 Å². The van der Waals surface area contributed by atoms with Crippen molar-refractivity contribution in [3.05, 3.63) is 23.3 Å². The molecule has 100 valence electrons. The van der Waals surface area contributed by atoms with Gasteiger partial charge in [-0.05, 0) is 29.9 Å². The van der Waals surface area contributed by atoms with E-state index in [-0.39, 0.29) is 16.6 Å². The van der Waals surface area contributed by atoms with Crippen molar-refractivity contribution >= 4 is 0 Å². The van der Waals surface area contributed by atoms with E-state index in [0.29, 0.717) is 12.3 Å². The largest absolute Gasteiger partial charge is 0.504 e. The van der Waals surface area contributed by atoms with Gasteiger partial charge < -0.3 is 15.6 Å². The molecule has 2 rings (SSSR count). The Morgan fingerprint density at radius 2 is 1.94 bits per heavy atom. The van der Waals surface area contributed by atoms with Crippen LogP contribution >= 0.6 is 0 Å². The Bertz CT molecular complexity index is 456. The Labute approximate surface area is 109 Å². The molecule has 3 nitrogen and oxygen atoms in total. The van der Waals surface area contributed by atoms with Crippen LogP contribution in [0, 0.1) is 0 Å². The van der Waals surface area contributed by atoms with Crippen LogP contribution in [-0.2, 0) is 10.8 Å². The predicted octanol–water partition coefficient (Wildman–Crippen LogP) is 2.69. The number of benzene rings is 1. The van der Waals surface area contributed by atoms with Gasteiger partial charge in [-0.1, -0.05) is 26.8 Å². The molecule has 0 amide bonds. The molecule has 0 unspecified atom stereocenters. The molecule has 0 atom stereocenters. The van der Waals surface area contributed by atoms with E-state index in [1.807, 2.05) is 0 Å². The van der Waals surface area contributed by atoms with Crippen molar-refractivity contribution in [1.29, 1.82) is 0 Å². The summed E-state index contributed by atoms with van der Waals surface area (Å²) in [5.41, 5.74) is 8.11. The predicted molar refractivity (Wildman–Crippen MR) is 73.3 cm³/mol. The third-order valence-corrected chi connectivity index (χ3v) is 3.96. The zero-order valence-electron chi connectivity index (χ0n) is 11.7. The lowest BCUT2D eigenvalue weighted by Crippen LogP contribution is -2.22. The number of aromatic hydroxyl groups is 1. The average Bonchev–Trinajstić information content (AvgIpc) is 3.07. The Morgan fingerprint density at radius 1 is 1.33 bits per heavy atom. The van der Waals surface area contributed by atoms with Crippen LogP contribution in [0.5, 0.6) is 11.5 Å². The zero-order chi connectivity index (χ0) is 13.6. The Morgan fingerprint density at radius 3 is 2.33 bits per heavy atom. The minimum Gasteiger partial charge on any atom is -0.504 e. The van der Waals surface area contributed by atoms with Gasteiger partial charge in [0.2, 0.25) is 0 Å². The fourth-order valence-corrected chi connectivity index (χ4v) is 2.39. The maximum atomic E-state index is 10.2. The Kier molecular flexibility index (Phi) is 3.06. The van der Waals surface area contributed by atoms with E-state index >= 15 is 0 Å². The highest BCUT2D eigenvalue weighted by Crippen LogP contribution is 2.53. The number of ether oxygens (including phenoxy) is 1. The fourth-order valence-electron chi connectivity index (χ4n) is 2.39. The Balaban J connectivity index is 2.59. The molecular formula is C15H23NO2. The molecule has 0 saturated heterocycles. The van der Waals surface area contributed by atoms with E-state index in [4.69, 9.17) is 10.5 Å². The van der Waals surface area contributed by atoms with Gasteiger partial charge in [-0.2, -0.15) is 0 Å². The van der Waals surface area contributed by atoms with Crippen molar-refractivity contribution in [2.24, 2.45) is 5.73 Å². The van der Waals surface area contributed by atoms with E-state index in [2.05, 4.69) is 26.8 Å². The summed E-state index contributed by atoms with van der Waals surface area (Å²) < 4.78 is 5.37. The maximum absolute atomic E-state index is 10.2. The zero-order valence-corrected chi connectivity index (χ0v) is 11.7. The highest BCUT2D eigenvalue weighted by atomic mass is 16.5. The molecule has 18 heavy (non-hydrogen) atoms. The molecule has 1 fully saturated rings. The number of hydrogen-bond donors (Lipinski definition) is 2.